The number of nitrogens with one attached hydrogen (secondary N) is 1. The van der Waals surface area contributed by atoms with E-state index in [1.165, 1.54) is 5.56 Å². The third kappa shape index (κ3) is 4.97. The van der Waals surface area contributed by atoms with Crippen molar-refractivity contribution in [3.8, 4) is 5.75 Å². The minimum Gasteiger partial charge on any atom is -0.492 e. The monoisotopic (exact) mass is 362 g/mol. The maximum Gasteiger partial charge on any atom is 0.229 e. The largest absolute Gasteiger partial charge is 0.492 e. The Morgan fingerprint density at radius 3 is 2.48 bits per heavy atom. The van der Waals surface area contributed by atoms with Crippen LogP contribution in [0, 0.1) is 0 Å². The Hall–Kier alpha value is -3.08. The predicted octanol–water partition coefficient (Wildman–Crippen LogP) is 5.03. The Balaban J connectivity index is 1.83. The van der Waals surface area contributed by atoms with Gasteiger partial charge >= 0.3 is 0 Å². The number of nitrogens with zero attached hydrogens (tertiary/aromatic N) is 3. The van der Waals surface area contributed by atoms with Crippen molar-refractivity contribution in [2.45, 2.75) is 33.4 Å². The summed E-state index contributed by atoms with van der Waals surface area (Å²) in [6.07, 6.45) is 1.79. The van der Waals surface area contributed by atoms with E-state index in [-0.39, 0.29) is 0 Å². The second-order valence-electron chi connectivity index (χ2n) is 6.50. The highest BCUT2D eigenvalue weighted by Gasteiger charge is 2.14. The van der Waals surface area contributed by atoms with Crippen molar-refractivity contribution in [2.24, 2.45) is 0 Å². The summed E-state index contributed by atoms with van der Waals surface area (Å²) in [6, 6.07) is 20.5. The van der Waals surface area contributed by atoms with Gasteiger partial charge in [-0.25, -0.2) is 4.98 Å². The highest BCUT2D eigenvalue weighted by molar-refractivity contribution is 5.63. The molecule has 0 spiro atoms. The Bertz CT molecular complexity index is 852. The fourth-order valence-electron chi connectivity index (χ4n) is 2.85. The zero-order chi connectivity index (χ0) is 19.1. The number of para-hydroxylation sites is 2. The molecule has 3 rings (SSSR count). The first kappa shape index (κ1) is 18.7. The molecule has 0 fully saturated rings. The van der Waals surface area contributed by atoms with Gasteiger partial charge in [-0.15, -0.1) is 0 Å². The van der Waals surface area contributed by atoms with E-state index in [4.69, 9.17) is 9.72 Å². The third-order valence-electron chi connectivity index (χ3n) is 4.19. The van der Waals surface area contributed by atoms with Gasteiger partial charge in [0.05, 0.1) is 12.3 Å². The normalized spacial score (nSPS) is 10.7. The summed E-state index contributed by atoms with van der Waals surface area (Å²) in [5, 5.41) is 3.28. The van der Waals surface area contributed by atoms with Gasteiger partial charge in [-0.1, -0.05) is 42.5 Å². The van der Waals surface area contributed by atoms with Gasteiger partial charge in [-0.3, -0.25) is 0 Å². The molecule has 0 saturated heterocycles. The molecule has 0 aliphatic heterocycles. The Morgan fingerprint density at radius 2 is 1.74 bits per heavy atom. The molecule has 0 atom stereocenters. The van der Waals surface area contributed by atoms with Gasteiger partial charge < -0.3 is 15.0 Å². The van der Waals surface area contributed by atoms with Gasteiger partial charge in [0.1, 0.15) is 11.6 Å². The van der Waals surface area contributed by atoms with Crippen LogP contribution in [0.1, 0.15) is 26.3 Å². The molecule has 140 valence electrons. The third-order valence-corrected chi connectivity index (χ3v) is 4.19. The number of ether oxygens (including phenoxy) is 1. The molecule has 0 radical (unpaired) electrons. The van der Waals surface area contributed by atoms with Gasteiger partial charge in [0.25, 0.3) is 0 Å². The molecule has 0 bridgehead atoms. The molecule has 0 aliphatic carbocycles. The molecule has 5 heteroatoms. The van der Waals surface area contributed by atoms with Gasteiger partial charge in [-0.05, 0) is 44.5 Å². The zero-order valence-electron chi connectivity index (χ0n) is 16.1. The van der Waals surface area contributed by atoms with E-state index in [0.717, 1.165) is 23.8 Å². The zero-order valence-corrected chi connectivity index (χ0v) is 16.1. The molecule has 0 amide bonds. The first-order valence-electron chi connectivity index (χ1n) is 9.30. The summed E-state index contributed by atoms with van der Waals surface area (Å²) < 4.78 is 5.68. The summed E-state index contributed by atoms with van der Waals surface area (Å²) in [4.78, 5) is 11.4. The maximum absolute atomic E-state index is 5.68. The number of benzene rings is 2. The fourth-order valence-corrected chi connectivity index (χ4v) is 2.85. The molecular formula is C22H26N4O. The van der Waals surface area contributed by atoms with Crippen LogP contribution >= 0.6 is 0 Å². The second-order valence-corrected chi connectivity index (χ2v) is 6.50. The first-order valence-corrected chi connectivity index (χ1v) is 9.30. The molecule has 5 nitrogen and oxygen atoms in total. The smallest absolute Gasteiger partial charge is 0.229 e. The lowest BCUT2D eigenvalue weighted by Gasteiger charge is -2.28. The van der Waals surface area contributed by atoms with Crippen molar-refractivity contribution in [3.63, 3.8) is 0 Å². The van der Waals surface area contributed by atoms with Crippen LogP contribution in [0.25, 0.3) is 0 Å². The van der Waals surface area contributed by atoms with E-state index < -0.39 is 0 Å². The average molecular weight is 362 g/mol. The Morgan fingerprint density at radius 1 is 1.00 bits per heavy atom. The number of hydrogen-bond donors (Lipinski definition) is 1. The minimum atomic E-state index is 0.309. The number of aromatic nitrogens is 2. The highest BCUT2D eigenvalue weighted by atomic mass is 16.5. The van der Waals surface area contributed by atoms with Gasteiger partial charge in [0, 0.05) is 18.8 Å². The SMILES string of the molecule is CCOc1ccccc1Nc1nccc(N(Cc2ccccc2)C(C)C)n1. The van der Waals surface area contributed by atoms with Gasteiger partial charge in [0.2, 0.25) is 5.95 Å². The summed E-state index contributed by atoms with van der Waals surface area (Å²) in [6.45, 7) is 7.71. The molecule has 27 heavy (non-hydrogen) atoms. The second kappa shape index (κ2) is 9.03. The van der Waals surface area contributed by atoms with E-state index in [2.05, 4.69) is 53.3 Å². The summed E-state index contributed by atoms with van der Waals surface area (Å²) >= 11 is 0. The highest BCUT2D eigenvalue weighted by Crippen LogP contribution is 2.27. The van der Waals surface area contributed by atoms with Crippen molar-refractivity contribution in [3.05, 3.63) is 72.4 Å². The molecule has 1 N–H and O–H groups in total. The molecule has 1 aromatic heterocycles. The van der Waals surface area contributed by atoms with Crippen LogP contribution in [0.2, 0.25) is 0 Å². The van der Waals surface area contributed by atoms with Crippen LogP contribution in [0.3, 0.4) is 0 Å². The summed E-state index contributed by atoms with van der Waals surface area (Å²) in [5.41, 5.74) is 2.11. The van der Waals surface area contributed by atoms with E-state index in [1.807, 2.05) is 43.3 Å². The topological polar surface area (TPSA) is 50.3 Å². The van der Waals surface area contributed by atoms with E-state index in [0.29, 0.717) is 18.6 Å². The van der Waals surface area contributed by atoms with E-state index >= 15 is 0 Å². The lowest BCUT2D eigenvalue weighted by molar-refractivity contribution is 0.342. The molecule has 0 unspecified atom stereocenters. The standard InChI is InChI=1S/C22H26N4O/c1-4-27-20-13-9-8-12-19(20)24-22-23-15-14-21(25-22)26(17(2)3)16-18-10-6-5-7-11-18/h5-15,17H,4,16H2,1-3H3,(H,23,24,25). The van der Waals surface area contributed by atoms with Crippen molar-refractivity contribution < 1.29 is 4.74 Å². The van der Waals surface area contributed by atoms with Crippen molar-refractivity contribution >= 4 is 17.5 Å². The summed E-state index contributed by atoms with van der Waals surface area (Å²) in [7, 11) is 0. The molecule has 2 aromatic carbocycles. The van der Waals surface area contributed by atoms with Crippen molar-refractivity contribution in [1.82, 2.24) is 9.97 Å². The molecule has 0 aliphatic rings. The molecule has 0 saturated carbocycles. The predicted molar refractivity (Wildman–Crippen MR) is 111 cm³/mol. The fraction of sp³-hybridized carbons (Fsp3) is 0.273. The quantitative estimate of drug-likeness (QED) is 0.609. The van der Waals surface area contributed by atoms with Crippen LogP contribution in [0.4, 0.5) is 17.5 Å². The van der Waals surface area contributed by atoms with Crippen LogP contribution in [-0.4, -0.2) is 22.6 Å². The van der Waals surface area contributed by atoms with Crippen molar-refractivity contribution in [2.75, 3.05) is 16.8 Å². The number of hydrogen-bond acceptors (Lipinski definition) is 5. The first-order chi connectivity index (χ1) is 13.2. The molecular weight excluding hydrogens is 336 g/mol. The van der Waals surface area contributed by atoms with Crippen LogP contribution in [-0.2, 0) is 6.54 Å². The van der Waals surface area contributed by atoms with Crippen LogP contribution in [0.5, 0.6) is 5.75 Å². The Kier molecular flexibility index (Phi) is 6.26. The van der Waals surface area contributed by atoms with Gasteiger partial charge in [0.15, 0.2) is 0 Å². The molecule has 1 heterocycles. The van der Waals surface area contributed by atoms with E-state index in [1.54, 1.807) is 6.20 Å². The molecule has 3 aromatic rings. The van der Waals surface area contributed by atoms with E-state index in [9.17, 15) is 0 Å². The van der Waals surface area contributed by atoms with Crippen molar-refractivity contribution in [1.29, 1.82) is 0 Å². The number of rotatable bonds is 8. The minimum absolute atomic E-state index is 0.309. The van der Waals surface area contributed by atoms with Crippen LogP contribution < -0.4 is 15.0 Å². The maximum atomic E-state index is 5.68. The number of anilines is 3. The average Bonchev–Trinajstić information content (AvgIpc) is 2.69. The lowest BCUT2D eigenvalue weighted by atomic mass is 10.2. The van der Waals surface area contributed by atoms with Crippen LogP contribution in [0.15, 0.2) is 66.9 Å². The lowest BCUT2D eigenvalue weighted by Crippen LogP contribution is -2.31. The van der Waals surface area contributed by atoms with Gasteiger partial charge in [-0.2, -0.15) is 4.98 Å². The Labute approximate surface area is 161 Å². The summed E-state index contributed by atoms with van der Waals surface area (Å²) in [5.74, 6) is 2.23.